The van der Waals surface area contributed by atoms with E-state index in [1.54, 1.807) is 0 Å². The van der Waals surface area contributed by atoms with Gasteiger partial charge in [-0.1, -0.05) is 12.8 Å². The molecule has 0 aromatic heterocycles. The first kappa shape index (κ1) is 15.5. The summed E-state index contributed by atoms with van der Waals surface area (Å²) in [6, 6.07) is 0.0612. The number of nitrogens with two attached hydrogens (primary N) is 1. The van der Waals surface area contributed by atoms with Crippen LogP contribution in [0.3, 0.4) is 0 Å². The first-order chi connectivity index (χ1) is 9.04. The van der Waals surface area contributed by atoms with Crippen LogP contribution >= 0.6 is 11.8 Å². The molecule has 2 fully saturated rings. The highest BCUT2D eigenvalue weighted by atomic mass is 32.2. The molecule has 1 aliphatic heterocycles. The van der Waals surface area contributed by atoms with Gasteiger partial charge in [-0.25, -0.2) is 0 Å². The monoisotopic (exact) mass is 293 g/mol. The maximum atomic E-state index is 9.96. The molecule has 2 rings (SSSR count). The number of aliphatic hydroxyl groups excluding tert-OH is 4. The van der Waals surface area contributed by atoms with Crippen LogP contribution in [0.5, 0.6) is 0 Å². The van der Waals surface area contributed by atoms with E-state index in [4.69, 9.17) is 15.6 Å². The predicted octanol–water partition coefficient (Wildman–Crippen LogP) is -1.21. The van der Waals surface area contributed by atoms with E-state index >= 15 is 0 Å². The molecule has 7 atom stereocenters. The minimum absolute atomic E-state index is 0.0612. The van der Waals surface area contributed by atoms with Gasteiger partial charge in [0.25, 0.3) is 0 Å². The van der Waals surface area contributed by atoms with Gasteiger partial charge in [0.2, 0.25) is 0 Å². The van der Waals surface area contributed by atoms with Crippen molar-refractivity contribution in [3.05, 3.63) is 0 Å². The molecule has 6 N–H and O–H groups in total. The molecule has 6 nitrogen and oxygen atoms in total. The maximum absolute atomic E-state index is 9.96. The van der Waals surface area contributed by atoms with Crippen molar-refractivity contribution < 1.29 is 25.2 Å². The Morgan fingerprint density at radius 2 is 1.74 bits per heavy atom. The molecular formula is C12H23NO5S. The average Bonchev–Trinajstić information content (AvgIpc) is 2.41. The van der Waals surface area contributed by atoms with Crippen LogP contribution in [0.25, 0.3) is 0 Å². The van der Waals surface area contributed by atoms with Gasteiger partial charge in [0.15, 0.2) is 0 Å². The molecule has 19 heavy (non-hydrogen) atoms. The second-order valence-electron chi connectivity index (χ2n) is 5.32. The smallest absolute Gasteiger partial charge is 0.132 e. The molecule has 1 saturated carbocycles. The molecule has 7 heteroatoms. The molecule has 2 aliphatic rings. The van der Waals surface area contributed by atoms with Gasteiger partial charge in [-0.2, -0.15) is 0 Å². The minimum atomic E-state index is -1.30. The van der Waals surface area contributed by atoms with E-state index in [1.165, 1.54) is 11.8 Å². The van der Waals surface area contributed by atoms with Crippen molar-refractivity contribution in [1.82, 2.24) is 0 Å². The van der Waals surface area contributed by atoms with Crippen molar-refractivity contribution in [2.45, 2.75) is 66.8 Å². The Balaban J connectivity index is 1.98. The van der Waals surface area contributed by atoms with E-state index in [-0.39, 0.29) is 11.3 Å². The first-order valence-electron chi connectivity index (χ1n) is 6.76. The number of rotatable bonds is 3. The summed E-state index contributed by atoms with van der Waals surface area (Å²) in [4.78, 5) is 0. The third-order valence-corrected chi connectivity index (χ3v) is 5.50. The average molecular weight is 293 g/mol. The quantitative estimate of drug-likeness (QED) is 0.443. The largest absolute Gasteiger partial charge is 0.394 e. The SMILES string of the molecule is NC1CCCCC1S[C@@H]1OC(CO)[C@H](O)C(O)C1O. The highest BCUT2D eigenvalue weighted by molar-refractivity contribution is 8.00. The summed E-state index contributed by atoms with van der Waals surface area (Å²) in [5, 5.41) is 38.7. The fourth-order valence-corrected chi connectivity index (χ4v) is 4.16. The molecule has 5 unspecified atom stereocenters. The van der Waals surface area contributed by atoms with Crippen LogP contribution in [-0.4, -0.2) is 68.2 Å². The fourth-order valence-electron chi connectivity index (χ4n) is 2.65. The van der Waals surface area contributed by atoms with Crippen LogP contribution in [0.2, 0.25) is 0 Å². The van der Waals surface area contributed by atoms with Gasteiger partial charge in [-0.05, 0) is 12.8 Å². The zero-order chi connectivity index (χ0) is 14.0. The number of hydrogen-bond acceptors (Lipinski definition) is 7. The molecule has 112 valence electrons. The van der Waals surface area contributed by atoms with Gasteiger partial charge in [-0.15, -0.1) is 11.8 Å². The Labute approximate surface area is 116 Å². The van der Waals surface area contributed by atoms with E-state index < -0.39 is 36.5 Å². The lowest BCUT2D eigenvalue weighted by Crippen LogP contribution is -2.58. The zero-order valence-corrected chi connectivity index (χ0v) is 11.6. The van der Waals surface area contributed by atoms with Crippen LogP contribution < -0.4 is 5.73 Å². The van der Waals surface area contributed by atoms with Gasteiger partial charge >= 0.3 is 0 Å². The third kappa shape index (κ3) is 3.41. The summed E-state index contributed by atoms with van der Waals surface area (Å²) in [5.41, 5.74) is 5.39. The van der Waals surface area contributed by atoms with E-state index in [2.05, 4.69) is 0 Å². The molecule has 1 saturated heterocycles. The lowest BCUT2D eigenvalue weighted by molar-refractivity contribution is -0.205. The molecule has 0 amide bonds. The highest BCUT2D eigenvalue weighted by Gasteiger charge is 2.44. The van der Waals surface area contributed by atoms with Crippen molar-refractivity contribution in [3.8, 4) is 0 Å². The second kappa shape index (κ2) is 6.71. The summed E-state index contributed by atoms with van der Waals surface area (Å²) < 4.78 is 5.48. The minimum Gasteiger partial charge on any atom is -0.394 e. The molecular weight excluding hydrogens is 270 g/mol. The van der Waals surface area contributed by atoms with Crippen LogP contribution in [0.15, 0.2) is 0 Å². The van der Waals surface area contributed by atoms with E-state index in [0.717, 1.165) is 25.7 Å². The van der Waals surface area contributed by atoms with Crippen LogP contribution in [0, 0.1) is 0 Å². The summed E-state index contributed by atoms with van der Waals surface area (Å²) in [7, 11) is 0. The van der Waals surface area contributed by atoms with Gasteiger partial charge in [0, 0.05) is 11.3 Å². The summed E-state index contributed by atoms with van der Waals surface area (Å²) >= 11 is 1.40. The highest BCUT2D eigenvalue weighted by Crippen LogP contribution is 2.36. The molecule has 1 heterocycles. The number of hydrogen-bond donors (Lipinski definition) is 5. The van der Waals surface area contributed by atoms with E-state index in [1.807, 2.05) is 0 Å². The standard InChI is InChI=1S/C12H23NO5S/c13-6-3-1-2-4-8(6)19-12-11(17)10(16)9(15)7(5-14)18-12/h6-12,14-17H,1-5,13H2/t6?,7?,8?,9-,10?,11?,12-/m0/s1. The van der Waals surface area contributed by atoms with Crippen molar-refractivity contribution in [3.63, 3.8) is 0 Å². The normalized spacial score (nSPS) is 48.2. The van der Waals surface area contributed by atoms with Crippen molar-refractivity contribution in [1.29, 1.82) is 0 Å². The second-order valence-corrected chi connectivity index (χ2v) is 6.66. The lowest BCUT2D eigenvalue weighted by atomic mass is 9.96. The molecule has 0 aromatic carbocycles. The van der Waals surface area contributed by atoms with Crippen LogP contribution in [0.1, 0.15) is 25.7 Å². The Morgan fingerprint density at radius 3 is 2.37 bits per heavy atom. The lowest BCUT2D eigenvalue weighted by Gasteiger charge is -2.42. The molecule has 0 aromatic rings. The summed E-state index contributed by atoms with van der Waals surface area (Å²) in [6.45, 7) is -0.390. The Bertz CT molecular complexity index is 293. The zero-order valence-electron chi connectivity index (χ0n) is 10.8. The van der Waals surface area contributed by atoms with Crippen molar-refractivity contribution >= 4 is 11.8 Å². The van der Waals surface area contributed by atoms with Crippen LogP contribution in [0.4, 0.5) is 0 Å². The first-order valence-corrected chi connectivity index (χ1v) is 7.70. The third-order valence-electron chi connectivity index (χ3n) is 3.91. The number of thioether (sulfide) groups is 1. The van der Waals surface area contributed by atoms with Crippen molar-refractivity contribution in [2.75, 3.05) is 6.61 Å². The van der Waals surface area contributed by atoms with E-state index in [0.29, 0.717) is 0 Å². The van der Waals surface area contributed by atoms with Gasteiger partial charge < -0.3 is 30.9 Å². The van der Waals surface area contributed by atoms with Gasteiger partial charge in [-0.3, -0.25) is 0 Å². The molecule has 1 aliphatic carbocycles. The number of ether oxygens (including phenoxy) is 1. The Hall–Kier alpha value is 0.110. The summed E-state index contributed by atoms with van der Waals surface area (Å²) in [6.07, 6.45) is -0.473. The molecule has 0 bridgehead atoms. The van der Waals surface area contributed by atoms with Crippen LogP contribution in [-0.2, 0) is 4.74 Å². The summed E-state index contributed by atoms with van der Waals surface area (Å²) in [5.74, 6) is 0. The fraction of sp³-hybridized carbons (Fsp3) is 1.00. The van der Waals surface area contributed by atoms with Gasteiger partial charge in [0.1, 0.15) is 29.9 Å². The van der Waals surface area contributed by atoms with Crippen molar-refractivity contribution in [2.24, 2.45) is 5.73 Å². The van der Waals surface area contributed by atoms with E-state index in [9.17, 15) is 15.3 Å². The molecule has 0 radical (unpaired) electrons. The predicted molar refractivity (Wildman–Crippen MR) is 71.6 cm³/mol. The Kier molecular flexibility index (Phi) is 5.47. The number of aliphatic hydroxyl groups is 4. The topological polar surface area (TPSA) is 116 Å². The van der Waals surface area contributed by atoms with Gasteiger partial charge in [0.05, 0.1) is 6.61 Å². The Morgan fingerprint density at radius 1 is 1.05 bits per heavy atom. The maximum Gasteiger partial charge on any atom is 0.132 e. The molecule has 0 spiro atoms.